The normalized spacial score (nSPS) is 20.4. The number of esters is 1. The molecule has 2 aliphatic heterocycles. The number of rotatable bonds is 6. The van der Waals surface area contributed by atoms with Crippen molar-refractivity contribution in [1.82, 2.24) is 10.2 Å². The van der Waals surface area contributed by atoms with Crippen LogP contribution in [0.5, 0.6) is 0 Å². The number of ether oxygens (including phenoxy) is 1. The van der Waals surface area contributed by atoms with E-state index in [1.165, 1.54) is 13.0 Å². The second kappa shape index (κ2) is 8.49. The minimum absolute atomic E-state index is 0.122. The molecular weight excluding hydrogens is 353 g/mol. The zero-order chi connectivity index (χ0) is 19.4. The van der Waals surface area contributed by atoms with Gasteiger partial charge in [-0.05, 0) is 23.8 Å². The molecule has 3 rings (SSSR count). The SMILES string of the molecule is CC(=O)NC[C@H]1C=C(c2ccc(N3CCN(CCO)CC3)c(F)c2)C(=O)O1. The monoisotopic (exact) mass is 377 g/mol. The Morgan fingerprint density at radius 1 is 1.33 bits per heavy atom. The highest BCUT2D eigenvalue weighted by molar-refractivity contribution is 6.18. The van der Waals surface area contributed by atoms with Crippen molar-refractivity contribution in [3.63, 3.8) is 0 Å². The molecule has 1 amide bonds. The molecule has 0 spiro atoms. The van der Waals surface area contributed by atoms with E-state index in [0.29, 0.717) is 36.5 Å². The van der Waals surface area contributed by atoms with E-state index in [0.717, 1.165) is 13.1 Å². The Bertz CT molecular complexity index is 744. The summed E-state index contributed by atoms with van der Waals surface area (Å²) >= 11 is 0. The molecule has 1 saturated heterocycles. The predicted molar refractivity (Wildman–Crippen MR) is 98.7 cm³/mol. The summed E-state index contributed by atoms with van der Waals surface area (Å²) in [4.78, 5) is 27.1. The van der Waals surface area contributed by atoms with Gasteiger partial charge in [-0.15, -0.1) is 0 Å². The number of carbonyl (C=O) groups is 2. The van der Waals surface area contributed by atoms with Crippen molar-refractivity contribution >= 4 is 23.1 Å². The standard InChI is InChI=1S/C19H24FN3O4/c1-13(25)21-12-15-11-16(19(26)27-15)14-2-3-18(17(20)10-14)23-6-4-22(5-7-23)8-9-24/h2-3,10-11,15,24H,4-9,12H2,1H3,(H,21,25)/t15-/m1/s1. The lowest BCUT2D eigenvalue weighted by Gasteiger charge is -2.36. The van der Waals surface area contributed by atoms with Crippen molar-refractivity contribution in [3.05, 3.63) is 35.7 Å². The van der Waals surface area contributed by atoms with Crippen LogP contribution in [0.25, 0.3) is 5.57 Å². The maximum Gasteiger partial charge on any atom is 0.339 e. The van der Waals surface area contributed by atoms with Crippen molar-refractivity contribution in [2.75, 3.05) is 50.8 Å². The number of halogens is 1. The average molecular weight is 377 g/mol. The number of cyclic esters (lactones) is 1. The number of hydrogen-bond acceptors (Lipinski definition) is 6. The Morgan fingerprint density at radius 2 is 2.07 bits per heavy atom. The Morgan fingerprint density at radius 3 is 2.70 bits per heavy atom. The zero-order valence-electron chi connectivity index (χ0n) is 15.3. The highest BCUT2D eigenvalue weighted by atomic mass is 19.1. The van der Waals surface area contributed by atoms with Crippen LogP contribution in [-0.2, 0) is 14.3 Å². The average Bonchev–Trinajstić information content (AvgIpc) is 3.02. The maximum absolute atomic E-state index is 14.7. The summed E-state index contributed by atoms with van der Waals surface area (Å²) in [5.41, 5.74) is 1.28. The summed E-state index contributed by atoms with van der Waals surface area (Å²) in [6, 6.07) is 4.75. The van der Waals surface area contributed by atoms with Crippen LogP contribution in [0, 0.1) is 5.82 Å². The fourth-order valence-corrected chi connectivity index (χ4v) is 3.33. The van der Waals surface area contributed by atoms with Crippen molar-refractivity contribution in [2.45, 2.75) is 13.0 Å². The molecule has 1 atom stereocenters. The van der Waals surface area contributed by atoms with E-state index < -0.39 is 12.1 Å². The van der Waals surface area contributed by atoms with Gasteiger partial charge in [0.05, 0.1) is 24.4 Å². The third-order valence-corrected chi connectivity index (χ3v) is 4.77. The van der Waals surface area contributed by atoms with Crippen LogP contribution in [0.2, 0.25) is 0 Å². The van der Waals surface area contributed by atoms with Gasteiger partial charge in [0.15, 0.2) is 0 Å². The number of benzene rings is 1. The number of aliphatic hydroxyl groups excluding tert-OH is 1. The first kappa shape index (κ1) is 19.3. The fraction of sp³-hybridized carbons (Fsp3) is 0.474. The van der Waals surface area contributed by atoms with E-state index in [9.17, 15) is 14.0 Å². The lowest BCUT2D eigenvalue weighted by molar-refractivity contribution is -0.138. The fourth-order valence-electron chi connectivity index (χ4n) is 3.33. The van der Waals surface area contributed by atoms with Gasteiger partial charge in [0.2, 0.25) is 5.91 Å². The van der Waals surface area contributed by atoms with Gasteiger partial charge in [-0.25, -0.2) is 9.18 Å². The van der Waals surface area contributed by atoms with Crippen LogP contribution >= 0.6 is 0 Å². The van der Waals surface area contributed by atoms with Crippen molar-refractivity contribution < 1.29 is 23.8 Å². The van der Waals surface area contributed by atoms with Crippen molar-refractivity contribution in [3.8, 4) is 0 Å². The molecule has 8 heteroatoms. The summed E-state index contributed by atoms with van der Waals surface area (Å²) in [6.45, 7) is 5.23. The number of anilines is 1. The van der Waals surface area contributed by atoms with Gasteiger partial charge in [0.1, 0.15) is 11.9 Å². The molecule has 146 valence electrons. The van der Waals surface area contributed by atoms with Crippen molar-refractivity contribution in [2.24, 2.45) is 0 Å². The van der Waals surface area contributed by atoms with E-state index in [4.69, 9.17) is 9.84 Å². The number of hydrogen-bond donors (Lipinski definition) is 2. The Hall–Kier alpha value is -2.45. The summed E-state index contributed by atoms with van der Waals surface area (Å²) in [7, 11) is 0. The number of amides is 1. The number of β-amino-alcohol motifs (C(OH)–C–C–N with tert-alkyl or cyclic N) is 1. The van der Waals surface area contributed by atoms with E-state index in [2.05, 4.69) is 10.2 Å². The third kappa shape index (κ3) is 4.64. The minimum atomic E-state index is -0.543. The molecular formula is C19H24FN3O4. The van der Waals surface area contributed by atoms with E-state index in [-0.39, 0.29) is 24.9 Å². The zero-order valence-corrected chi connectivity index (χ0v) is 15.3. The van der Waals surface area contributed by atoms with Crippen LogP contribution in [0.4, 0.5) is 10.1 Å². The molecule has 0 aromatic heterocycles. The molecule has 7 nitrogen and oxygen atoms in total. The molecule has 0 aliphatic carbocycles. The minimum Gasteiger partial charge on any atom is -0.453 e. The van der Waals surface area contributed by atoms with Gasteiger partial charge in [0, 0.05) is 39.6 Å². The van der Waals surface area contributed by atoms with Gasteiger partial charge in [0.25, 0.3) is 0 Å². The summed E-state index contributed by atoms with van der Waals surface area (Å²) in [5.74, 6) is -1.11. The Labute approximate surface area is 157 Å². The van der Waals surface area contributed by atoms with Crippen LogP contribution in [0.15, 0.2) is 24.3 Å². The predicted octanol–water partition coefficient (Wildman–Crippen LogP) is 0.385. The molecule has 1 aromatic rings. The van der Waals surface area contributed by atoms with E-state index in [1.54, 1.807) is 18.2 Å². The molecule has 2 aliphatic rings. The number of nitrogens with one attached hydrogen (secondary N) is 1. The molecule has 0 bridgehead atoms. The van der Waals surface area contributed by atoms with Gasteiger partial charge in [-0.3, -0.25) is 9.69 Å². The van der Waals surface area contributed by atoms with Crippen LogP contribution < -0.4 is 10.2 Å². The topological polar surface area (TPSA) is 82.1 Å². The van der Waals surface area contributed by atoms with Crippen molar-refractivity contribution in [1.29, 1.82) is 0 Å². The quantitative estimate of drug-likeness (QED) is 0.698. The number of carbonyl (C=O) groups excluding carboxylic acids is 2. The molecule has 2 heterocycles. The molecule has 0 radical (unpaired) electrons. The summed E-state index contributed by atoms with van der Waals surface area (Å²) in [5, 5.41) is 11.6. The molecule has 0 saturated carbocycles. The maximum atomic E-state index is 14.7. The second-order valence-corrected chi connectivity index (χ2v) is 6.68. The van der Waals surface area contributed by atoms with Crippen LogP contribution in [0.1, 0.15) is 12.5 Å². The lowest BCUT2D eigenvalue weighted by Crippen LogP contribution is -2.47. The smallest absolute Gasteiger partial charge is 0.339 e. The van der Waals surface area contributed by atoms with Gasteiger partial charge < -0.3 is 20.1 Å². The summed E-state index contributed by atoms with van der Waals surface area (Å²) in [6.07, 6.45) is 1.07. The largest absolute Gasteiger partial charge is 0.453 e. The van der Waals surface area contributed by atoms with Gasteiger partial charge >= 0.3 is 5.97 Å². The van der Waals surface area contributed by atoms with Gasteiger partial charge in [-0.2, -0.15) is 0 Å². The number of aliphatic hydroxyl groups is 1. The molecule has 1 aromatic carbocycles. The third-order valence-electron chi connectivity index (χ3n) is 4.77. The highest BCUT2D eigenvalue weighted by Gasteiger charge is 2.28. The summed E-state index contributed by atoms with van der Waals surface area (Å²) < 4.78 is 19.9. The van der Waals surface area contributed by atoms with E-state index >= 15 is 0 Å². The first-order valence-corrected chi connectivity index (χ1v) is 9.03. The molecule has 27 heavy (non-hydrogen) atoms. The van der Waals surface area contributed by atoms with Crippen LogP contribution in [0.3, 0.4) is 0 Å². The second-order valence-electron chi connectivity index (χ2n) is 6.68. The highest BCUT2D eigenvalue weighted by Crippen LogP contribution is 2.28. The van der Waals surface area contributed by atoms with Crippen LogP contribution in [-0.4, -0.2) is 73.9 Å². The number of piperazine rings is 1. The Kier molecular flexibility index (Phi) is 6.08. The molecule has 2 N–H and O–H groups in total. The number of nitrogens with zero attached hydrogens (tertiary/aromatic N) is 2. The molecule has 0 unspecified atom stereocenters. The Balaban J connectivity index is 1.69. The van der Waals surface area contributed by atoms with E-state index in [1.807, 2.05) is 4.90 Å². The first-order valence-electron chi connectivity index (χ1n) is 9.03. The lowest BCUT2D eigenvalue weighted by atomic mass is 10.0. The first-order chi connectivity index (χ1) is 13.0. The van der Waals surface area contributed by atoms with Gasteiger partial charge in [-0.1, -0.05) is 6.07 Å². The molecule has 1 fully saturated rings.